The smallest absolute Gasteiger partial charge is 0.129 e. The van der Waals surface area contributed by atoms with Crippen molar-refractivity contribution in [2.24, 2.45) is 11.7 Å². The first-order valence-corrected chi connectivity index (χ1v) is 7.66. The molecule has 1 aromatic rings. The first-order valence-electron chi connectivity index (χ1n) is 6.90. The van der Waals surface area contributed by atoms with Crippen molar-refractivity contribution < 1.29 is 0 Å². The summed E-state index contributed by atoms with van der Waals surface area (Å²) in [5, 5.41) is 1.18. The van der Waals surface area contributed by atoms with E-state index < -0.39 is 0 Å². The van der Waals surface area contributed by atoms with Crippen molar-refractivity contribution in [1.82, 2.24) is 9.88 Å². The number of halogens is 2. The molecule has 1 aliphatic rings. The zero-order chi connectivity index (χ0) is 13.8. The van der Waals surface area contributed by atoms with E-state index in [9.17, 15) is 0 Å². The fourth-order valence-corrected chi connectivity index (χ4v) is 3.33. The molecule has 0 bridgehead atoms. The molecule has 106 valence electrons. The molecular formula is C14H21Cl2N3. The molecule has 3 nitrogen and oxygen atoms in total. The summed E-state index contributed by atoms with van der Waals surface area (Å²) in [5.41, 5.74) is 6.73. The molecule has 2 atom stereocenters. The van der Waals surface area contributed by atoms with Crippen molar-refractivity contribution in [3.8, 4) is 0 Å². The molecule has 1 aliphatic carbocycles. The Balaban J connectivity index is 2.12. The van der Waals surface area contributed by atoms with Gasteiger partial charge in [-0.3, -0.25) is 4.90 Å². The quantitative estimate of drug-likeness (QED) is 0.848. The summed E-state index contributed by atoms with van der Waals surface area (Å²) in [7, 11) is 0. The van der Waals surface area contributed by atoms with E-state index in [1.165, 1.54) is 19.3 Å². The highest BCUT2D eigenvalue weighted by atomic mass is 35.5. The van der Waals surface area contributed by atoms with Gasteiger partial charge in [-0.2, -0.15) is 0 Å². The highest BCUT2D eigenvalue weighted by Crippen LogP contribution is 2.30. The van der Waals surface area contributed by atoms with Crippen LogP contribution in [0, 0.1) is 5.92 Å². The number of aromatic nitrogens is 1. The summed E-state index contributed by atoms with van der Waals surface area (Å²) >= 11 is 12.2. The molecule has 2 unspecified atom stereocenters. The molecule has 2 N–H and O–H groups in total. The van der Waals surface area contributed by atoms with Crippen LogP contribution in [-0.2, 0) is 6.54 Å². The third-order valence-corrected chi connectivity index (χ3v) is 4.59. The lowest BCUT2D eigenvalue weighted by molar-refractivity contribution is 0.160. The second-order valence-electron chi connectivity index (χ2n) is 5.12. The van der Waals surface area contributed by atoms with E-state index in [-0.39, 0.29) is 0 Å². The van der Waals surface area contributed by atoms with E-state index in [1.807, 2.05) is 6.07 Å². The summed E-state index contributed by atoms with van der Waals surface area (Å²) < 4.78 is 0. The van der Waals surface area contributed by atoms with Crippen LogP contribution < -0.4 is 5.73 Å². The van der Waals surface area contributed by atoms with Gasteiger partial charge in [0.05, 0.1) is 10.7 Å². The number of hydrogen-bond donors (Lipinski definition) is 1. The van der Waals surface area contributed by atoms with Gasteiger partial charge >= 0.3 is 0 Å². The van der Waals surface area contributed by atoms with Crippen molar-refractivity contribution in [3.63, 3.8) is 0 Å². The average Bonchev–Trinajstić information content (AvgIpc) is 2.88. The van der Waals surface area contributed by atoms with Crippen LogP contribution in [0.3, 0.4) is 0 Å². The fourth-order valence-electron chi connectivity index (χ4n) is 3.00. The third kappa shape index (κ3) is 3.60. The standard InChI is InChI=1S/C14H21Cl2N3/c1-2-19(13-5-3-4-10(13)8-17)9-12-11(15)6-7-14(16)18-12/h6-7,10,13H,2-5,8-9,17H2,1H3. The Labute approximate surface area is 125 Å². The van der Waals surface area contributed by atoms with E-state index in [0.717, 1.165) is 25.3 Å². The Morgan fingerprint density at radius 1 is 1.37 bits per heavy atom. The van der Waals surface area contributed by atoms with E-state index in [4.69, 9.17) is 28.9 Å². The molecule has 1 saturated carbocycles. The summed E-state index contributed by atoms with van der Waals surface area (Å²) in [6.45, 7) is 4.66. The first kappa shape index (κ1) is 15.0. The van der Waals surface area contributed by atoms with Crippen molar-refractivity contribution in [3.05, 3.63) is 28.0 Å². The SMILES string of the molecule is CCN(Cc1nc(Cl)ccc1Cl)C1CCCC1CN. The number of hydrogen-bond acceptors (Lipinski definition) is 3. The lowest BCUT2D eigenvalue weighted by Crippen LogP contribution is -2.40. The Hall–Kier alpha value is -0.350. The normalized spacial score (nSPS) is 23.2. The Kier molecular flexibility index (Phi) is 5.46. The monoisotopic (exact) mass is 301 g/mol. The van der Waals surface area contributed by atoms with Crippen molar-refractivity contribution in [1.29, 1.82) is 0 Å². The van der Waals surface area contributed by atoms with Gasteiger partial charge in [0.15, 0.2) is 0 Å². The largest absolute Gasteiger partial charge is 0.330 e. The highest BCUT2D eigenvalue weighted by molar-refractivity contribution is 6.32. The summed E-state index contributed by atoms with van der Waals surface area (Å²) in [6.07, 6.45) is 3.71. The maximum atomic E-state index is 6.20. The van der Waals surface area contributed by atoms with Crippen LogP contribution in [0.25, 0.3) is 0 Å². The molecule has 1 heterocycles. The molecule has 0 spiro atoms. The molecule has 0 radical (unpaired) electrons. The van der Waals surface area contributed by atoms with Crippen LogP contribution in [-0.4, -0.2) is 29.0 Å². The topological polar surface area (TPSA) is 42.2 Å². The van der Waals surface area contributed by atoms with Gasteiger partial charge < -0.3 is 5.73 Å². The average molecular weight is 302 g/mol. The van der Waals surface area contributed by atoms with Gasteiger partial charge in [0, 0.05) is 12.6 Å². The van der Waals surface area contributed by atoms with Crippen molar-refractivity contribution >= 4 is 23.2 Å². The second kappa shape index (κ2) is 6.89. The van der Waals surface area contributed by atoms with Crippen LogP contribution in [0.2, 0.25) is 10.2 Å². The number of pyridine rings is 1. The zero-order valence-corrected chi connectivity index (χ0v) is 12.8. The molecule has 0 aromatic carbocycles. The molecule has 5 heteroatoms. The number of rotatable bonds is 5. The van der Waals surface area contributed by atoms with Gasteiger partial charge in [0.2, 0.25) is 0 Å². The summed E-state index contributed by atoms with van der Waals surface area (Å²) in [5.74, 6) is 0.595. The van der Waals surface area contributed by atoms with Gasteiger partial charge in [-0.1, -0.05) is 36.5 Å². The molecule has 0 amide bonds. The van der Waals surface area contributed by atoms with E-state index in [1.54, 1.807) is 6.07 Å². The maximum absolute atomic E-state index is 6.20. The summed E-state index contributed by atoms with van der Waals surface area (Å²) in [4.78, 5) is 6.77. The minimum Gasteiger partial charge on any atom is -0.330 e. The predicted molar refractivity (Wildman–Crippen MR) is 80.5 cm³/mol. The van der Waals surface area contributed by atoms with Crippen LogP contribution in [0.1, 0.15) is 31.9 Å². The van der Waals surface area contributed by atoms with E-state index >= 15 is 0 Å². The third-order valence-electron chi connectivity index (χ3n) is 4.03. The molecule has 19 heavy (non-hydrogen) atoms. The number of nitrogens with two attached hydrogens (primary N) is 1. The maximum Gasteiger partial charge on any atom is 0.129 e. The van der Waals surface area contributed by atoms with Gasteiger partial charge in [0.25, 0.3) is 0 Å². The van der Waals surface area contributed by atoms with Crippen LogP contribution in [0.4, 0.5) is 0 Å². The Morgan fingerprint density at radius 3 is 2.84 bits per heavy atom. The van der Waals surface area contributed by atoms with Gasteiger partial charge in [0.1, 0.15) is 5.15 Å². The van der Waals surface area contributed by atoms with E-state index in [0.29, 0.717) is 22.1 Å². The van der Waals surface area contributed by atoms with Gasteiger partial charge in [-0.25, -0.2) is 4.98 Å². The molecule has 2 rings (SSSR count). The minimum atomic E-state index is 0.497. The first-order chi connectivity index (χ1) is 9.15. The van der Waals surface area contributed by atoms with Crippen LogP contribution in [0.5, 0.6) is 0 Å². The summed E-state index contributed by atoms with van der Waals surface area (Å²) in [6, 6.07) is 4.09. The lowest BCUT2D eigenvalue weighted by atomic mass is 10.0. The van der Waals surface area contributed by atoms with Gasteiger partial charge in [-0.05, 0) is 44.0 Å². The zero-order valence-electron chi connectivity index (χ0n) is 11.3. The highest BCUT2D eigenvalue weighted by Gasteiger charge is 2.30. The lowest BCUT2D eigenvalue weighted by Gasteiger charge is -2.31. The van der Waals surface area contributed by atoms with Gasteiger partial charge in [-0.15, -0.1) is 0 Å². The molecule has 0 saturated heterocycles. The molecule has 1 fully saturated rings. The Bertz CT molecular complexity index is 425. The minimum absolute atomic E-state index is 0.497. The predicted octanol–water partition coefficient (Wildman–Crippen LogP) is 3.34. The van der Waals surface area contributed by atoms with Crippen LogP contribution in [0.15, 0.2) is 12.1 Å². The Morgan fingerprint density at radius 2 is 2.16 bits per heavy atom. The van der Waals surface area contributed by atoms with E-state index in [2.05, 4.69) is 16.8 Å². The molecule has 0 aliphatic heterocycles. The van der Waals surface area contributed by atoms with Crippen LogP contribution >= 0.6 is 23.2 Å². The molecule has 1 aromatic heterocycles. The van der Waals surface area contributed by atoms with Crippen molar-refractivity contribution in [2.75, 3.05) is 13.1 Å². The fraction of sp³-hybridized carbons (Fsp3) is 0.643. The van der Waals surface area contributed by atoms with Crippen molar-refractivity contribution in [2.45, 2.75) is 38.8 Å². The second-order valence-corrected chi connectivity index (χ2v) is 5.91. The molecular weight excluding hydrogens is 281 g/mol. The number of nitrogens with zero attached hydrogens (tertiary/aromatic N) is 2.